The van der Waals surface area contributed by atoms with Crippen molar-refractivity contribution in [3.8, 4) is 17.1 Å². The van der Waals surface area contributed by atoms with E-state index in [1.165, 1.54) is 4.80 Å². The molecule has 4 bridgehead atoms. The molecule has 0 radical (unpaired) electrons. The Kier molecular flexibility index (Phi) is 5.37. The summed E-state index contributed by atoms with van der Waals surface area (Å²) in [6.45, 7) is -1.05. The van der Waals surface area contributed by atoms with Crippen molar-refractivity contribution in [3.05, 3.63) is 24.4 Å². The largest absolute Gasteiger partial charge is 0.487 e. The van der Waals surface area contributed by atoms with Crippen molar-refractivity contribution in [3.63, 3.8) is 0 Å². The lowest BCUT2D eigenvalue weighted by atomic mass is 10.1. The molecular formula is C20H22F2N6O4. The van der Waals surface area contributed by atoms with E-state index in [4.69, 9.17) is 19.3 Å². The minimum Gasteiger partial charge on any atom is -0.487 e. The summed E-state index contributed by atoms with van der Waals surface area (Å²) < 4.78 is 46.3. The lowest BCUT2D eigenvalue weighted by Crippen LogP contribution is -2.41. The Bertz CT molecular complexity index is 1120. The zero-order chi connectivity index (χ0) is 22.1. The van der Waals surface area contributed by atoms with Crippen LogP contribution in [0.1, 0.15) is 25.5 Å². The van der Waals surface area contributed by atoms with Crippen LogP contribution in [0.15, 0.2) is 24.4 Å². The second-order valence-corrected chi connectivity index (χ2v) is 7.75. The highest BCUT2D eigenvalue weighted by molar-refractivity contribution is 5.93. The smallest absolute Gasteiger partial charge is 0.407 e. The van der Waals surface area contributed by atoms with E-state index in [0.717, 1.165) is 24.8 Å². The van der Waals surface area contributed by atoms with Crippen LogP contribution in [-0.2, 0) is 16.0 Å². The predicted octanol–water partition coefficient (Wildman–Crippen LogP) is 2.75. The summed E-state index contributed by atoms with van der Waals surface area (Å²) in [7, 11) is 0. The Morgan fingerprint density at radius 2 is 2.06 bits per heavy atom. The van der Waals surface area contributed by atoms with Crippen molar-refractivity contribution < 1.29 is 27.8 Å². The first kappa shape index (κ1) is 20.6. The first-order valence-corrected chi connectivity index (χ1v) is 10.4. The molecule has 1 unspecified atom stereocenters. The zero-order valence-corrected chi connectivity index (χ0v) is 17.2. The molecule has 1 N–H and O–H groups in total. The van der Waals surface area contributed by atoms with Crippen molar-refractivity contribution in [2.45, 2.75) is 38.0 Å². The normalized spacial score (nSPS) is 21.7. The number of aromatic nitrogens is 5. The highest BCUT2D eigenvalue weighted by Crippen LogP contribution is 2.34. The topological polar surface area (TPSA) is 105 Å². The number of carbonyl (C=O) groups excluding carboxylic acids is 1. The Morgan fingerprint density at radius 1 is 1.16 bits per heavy atom. The highest BCUT2D eigenvalue weighted by atomic mass is 19.3. The molecule has 3 aromatic rings. The van der Waals surface area contributed by atoms with Crippen molar-refractivity contribution in [1.29, 1.82) is 0 Å². The van der Waals surface area contributed by atoms with Gasteiger partial charge < -0.3 is 19.5 Å². The van der Waals surface area contributed by atoms with Gasteiger partial charge in [-0.05, 0) is 37.5 Å². The monoisotopic (exact) mass is 448 g/mol. The first-order chi connectivity index (χ1) is 15.5. The molecule has 1 amide bonds. The van der Waals surface area contributed by atoms with Gasteiger partial charge in [-0.2, -0.15) is 20.1 Å². The molecule has 1 atom stereocenters. The van der Waals surface area contributed by atoms with Gasteiger partial charge in [0.1, 0.15) is 23.7 Å². The summed E-state index contributed by atoms with van der Waals surface area (Å²) in [5, 5.41) is 16.1. The zero-order valence-electron chi connectivity index (χ0n) is 17.2. The van der Waals surface area contributed by atoms with Gasteiger partial charge in [0.15, 0.2) is 12.8 Å². The van der Waals surface area contributed by atoms with Crippen LogP contribution in [0.5, 0.6) is 5.75 Å². The second kappa shape index (κ2) is 8.34. The highest BCUT2D eigenvalue weighted by Gasteiger charge is 2.31. The lowest BCUT2D eigenvalue weighted by molar-refractivity contribution is -0.0385. The van der Waals surface area contributed by atoms with Crippen LogP contribution in [0.4, 0.5) is 13.6 Å². The third-order valence-electron chi connectivity index (χ3n) is 5.35. The molecule has 12 heteroatoms. The standard InChI is InChI=1S/C20H22F2N6O4/c21-20(22)11-23-19(29)31-8-6-27-24-10-15(25-27)18-14-9-13(32-12-20)4-5-16(14)28(26-18)17-3-1-2-7-30-17/h4-5,9-10,17H,1-3,6-8,11-12H2,(H,23,29). The number of alkyl halides is 2. The molecule has 1 aromatic carbocycles. The molecule has 0 saturated carbocycles. The van der Waals surface area contributed by atoms with Gasteiger partial charge in [-0.15, -0.1) is 0 Å². The molecule has 10 nitrogen and oxygen atoms in total. The number of amides is 1. The van der Waals surface area contributed by atoms with Gasteiger partial charge in [-0.25, -0.2) is 18.3 Å². The van der Waals surface area contributed by atoms with Crippen molar-refractivity contribution >= 4 is 17.0 Å². The summed E-state index contributed by atoms with van der Waals surface area (Å²) in [5.41, 5.74) is 1.84. The Balaban J connectivity index is 1.57. The van der Waals surface area contributed by atoms with Crippen LogP contribution < -0.4 is 10.1 Å². The Hall–Kier alpha value is -3.28. The minimum atomic E-state index is -3.27. The summed E-state index contributed by atoms with van der Waals surface area (Å²) in [5.74, 6) is -3.02. The number of hydrogen-bond acceptors (Lipinski definition) is 7. The number of rotatable bonds is 1. The number of benzene rings is 1. The maximum absolute atomic E-state index is 14.2. The van der Waals surface area contributed by atoms with Gasteiger partial charge in [-0.1, -0.05) is 0 Å². The van der Waals surface area contributed by atoms with E-state index in [9.17, 15) is 13.6 Å². The fourth-order valence-electron chi connectivity index (χ4n) is 3.76. The quantitative estimate of drug-likeness (QED) is 0.610. The van der Waals surface area contributed by atoms with Crippen molar-refractivity contribution in [1.82, 2.24) is 30.1 Å². The van der Waals surface area contributed by atoms with Crippen LogP contribution in [0.25, 0.3) is 22.3 Å². The number of fused-ring (bicyclic) bond motifs is 4. The number of alkyl carbamates (subject to hydrolysis) is 1. The third-order valence-corrected chi connectivity index (χ3v) is 5.35. The Labute approximate surface area is 181 Å². The summed E-state index contributed by atoms with van der Waals surface area (Å²) >= 11 is 0. The van der Waals surface area contributed by atoms with Gasteiger partial charge in [0, 0.05) is 12.0 Å². The average Bonchev–Trinajstić information content (AvgIpc) is 3.41. The van der Waals surface area contributed by atoms with Crippen molar-refractivity contribution in [2.24, 2.45) is 0 Å². The molecule has 2 aliphatic rings. The van der Waals surface area contributed by atoms with Crippen LogP contribution in [0.2, 0.25) is 0 Å². The number of ether oxygens (including phenoxy) is 3. The van der Waals surface area contributed by atoms with Crippen LogP contribution in [0, 0.1) is 0 Å². The third kappa shape index (κ3) is 4.22. The van der Waals surface area contributed by atoms with Gasteiger partial charge in [0.2, 0.25) is 0 Å². The molecule has 0 aliphatic carbocycles. The number of halogens is 2. The SMILES string of the molecule is O=C1NCC(F)(F)COc2ccc3c(c2)c(nn3C2CCCCO2)-c2cnn(n2)CCO1. The molecule has 2 aliphatic heterocycles. The van der Waals surface area contributed by atoms with Crippen LogP contribution >= 0.6 is 0 Å². The summed E-state index contributed by atoms with van der Waals surface area (Å²) in [4.78, 5) is 13.0. The lowest BCUT2D eigenvalue weighted by Gasteiger charge is -2.23. The van der Waals surface area contributed by atoms with E-state index in [0.29, 0.717) is 23.4 Å². The number of nitrogens with one attached hydrogen (secondary N) is 1. The molecule has 5 rings (SSSR count). The predicted molar refractivity (Wildman–Crippen MR) is 107 cm³/mol. The average molecular weight is 448 g/mol. The molecule has 4 heterocycles. The molecule has 1 saturated heterocycles. The van der Waals surface area contributed by atoms with E-state index in [1.807, 2.05) is 5.32 Å². The molecular weight excluding hydrogens is 426 g/mol. The van der Waals surface area contributed by atoms with Crippen LogP contribution in [-0.4, -0.2) is 63.2 Å². The number of hydrogen-bond donors (Lipinski definition) is 1. The van der Waals surface area contributed by atoms with Gasteiger partial charge in [-0.3, -0.25) is 0 Å². The van der Waals surface area contributed by atoms with Gasteiger partial charge in [0.05, 0.1) is 24.8 Å². The first-order valence-electron chi connectivity index (χ1n) is 10.4. The summed E-state index contributed by atoms with van der Waals surface area (Å²) in [6.07, 6.45) is 3.26. The molecule has 0 spiro atoms. The number of cyclic esters (lactones) is 1. The fraction of sp³-hybridized carbons (Fsp3) is 0.500. The summed E-state index contributed by atoms with van der Waals surface area (Å²) in [6, 6.07) is 5.06. The van der Waals surface area contributed by atoms with E-state index < -0.39 is 25.2 Å². The molecule has 170 valence electrons. The van der Waals surface area contributed by atoms with Gasteiger partial charge in [0.25, 0.3) is 5.92 Å². The van der Waals surface area contributed by atoms with Crippen LogP contribution in [0.3, 0.4) is 0 Å². The fourth-order valence-corrected chi connectivity index (χ4v) is 3.76. The van der Waals surface area contributed by atoms with E-state index >= 15 is 0 Å². The number of nitrogens with zero attached hydrogens (tertiary/aromatic N) is 5. The van der Waals surface area contributed by atoms with E-state index in [2.05, 4.69) is 10.2 Å². The molecule has 32 heavy (non-hydrogen) atoms. The Morgan fingerprint density at radius 3 is 2.91 bits per heavy atom. The van der Waals surface area contributed by atoms with Gasteiger partial charge >= 0.3 is 6.09 Å². The minimum absolute atomic E-state index is 0.0721. The second-order valence-electron chi connectivity index (χ2n) is 7.75. The number of carbonyl (C=O) groups is 1. The van der Waals surface area contributed by atoms with E-state index in [-0.39, 0.29) is 25.1 Å². The molecule has 2 aromatic heterocycles. The molecule has 1 fully saturated rings. The van der Waals surface area contributed by atoms with Crippen molar-refractivity contribution in [2.75, 3.05) is 26.4 Å². The van der Waals surface area contributed by atoms with E-state index in [1.54, 1.807) is 29.1 Å². The maximum Gasteiger partial charge on any atom is 0.407 e. The maximum atomic E-state index is 14.2.